The summed E-state index contributed by atoms with van der Waals surface area (Å²) in [4.78, 5) is 34.9. The molecule has 0 bridgehead atoms. The van der Waals surface area contributed by atoms with Gasteiger partial charge in [-0.3, -0.25) is 14.6 Å². The Morgan fingerprint density at radius 1 is 1.27 bits per heavy atom. The standard InChI is InChI=1S/C18H20BrN5O2/c19-14-5-1-2-6-15(14)23-17(25)11-22-18(26)13-4-3-9-24(12-13)16-10-20-7-8-21-16/h1-2,5-8,10,13H,3-4,9,11-12H2,(H,22,26)(H,23,25)/t13-/m0/s1. The number of piperidine rings is 1. The molecule has 2 N–H and O–H groups in total. The van der Waals surface area contributed by atoms with Gasteiger partial charge in [-0.25, -0.2) is 4.98 Å². The van der Waals surface area contributed by atoms with Crippen molar-refractivity contribution in [3.05, 3.63) is 47.3 Å². The van der Waals surface area contributed by atoms with E-state index in [1.807, 2.05) is 18.2 Å². The number of para-hydroxylation sites is 1. The average Bonchev–Trinajstić information content (AvgIpc) is 2.69. The van der Waals surface area contributed by atoms with Crippen LogP contribution >= 0.6 is 15.9 Å². The summed E-state index contributed by atoms with van der Waals surface area (Å²) >= 11 is 3.38. The smallest absolute Gasteiger partial charge is 0.243 e. The number of nitrogens with one attached hydrogen (secondary N) is 2. The number of halogens is 1. The molecule has 1 aromatic heterocycles. The Labute approximate surface area is 160 Å². The summed E-state index contributed by atoms with van der Waals surface area (Å²) < 4.78 is 0.798. The maximum atomic E-state index is 12.4. The molecule has 0 radical (unpaired) electrons. The number of hydrogen-bond acceptors (Lipinski definition) is 5. The molecule has 0 spiro atoms. The van der Waals surface area contributed by atoms with E-state index in [1.165, 1.54) is 0 Å². The molecular formula is C18H20BrN5O2. The lowest BCUT2D eigenvalue weighted by Crippen LogP contribution is -2.45. The Hall–Kier alpha value is -2.48. The van der Waals surface area contributed by atoms with E-state index in [1.54, 1.807) is 24.7 Å². The highest BCUT2D eigenvalue weighted by Crippen LogP contribution is 2.22. The fraction of sp³-hybridized carbons (Fsp3) is 0.333. The monoisotopic (exact) mass is 417 g/mol. The number of aromatic nitrogens is 2. The van der Waals surface area contributed by atoms with Gasteiger partial charge in [0.15, 0.2) is 0 Å². The van der Waals surface area contributed by atoms with Crippen LogP contribution in [0, 0.1) is 5.92 Å². The van der Waals surface area contributed by atoms with E-state index in [-0.39, 0.29) is 24.3 Å². The number of amides is 2. The third kappa shape index (κ3) is 4.78. The molecule has 7 nitrogen and oxygen atoms in total. The quantitative estimate of drug-likeness (QED) is 0.778. The first-order valence-electron chi connectivity index (χ1n) is 8.46. The van der Waals surface area contributed by atoms with Gasteiger partial charge >= 0.3 is 0 Å². The van der Waals surface area contributed by atoms with E-state index in [0.717, 1.165) is 29.7 Å². The van der Waals surface area contributed by atoms with Gasteiger partial charge in [0, 0.05) is 30.0 Å². The van der Waals surface area contributed by atoms with E-state index in [9.17, 15) is 9.59 Å². The van der Waals surface area contributed by atoms with Crippen LogP contribution in [0.4, 0.5) is 11.5 Å². The first-order chi connectivity index (χ1) is 12.6. The Balaban J connectivity index is 1.50. The van der Waals surface area contributed by atoms with Crippen molar-refractivity contribution in [2.45, 2.75) is 12.8 Å². The lowest BCUT2D eigenvalue weighted by molar-refractivity contribution is -0.127. The predicted octanol–water partition coefficient (Wildman–Crippen LogP) is 2.21. The molecule has 8 heteroatoms. The van der Waals surface area contributed by atoms with E-state index in [4.69, 9.17) is 0 Å². The van der Waals surface area contributed by atoms with Crippen LogP contribution in [0.2, 0.25) is 0 Å². The number of hydrogen-bond donors (Lipinski definition) is 2. The van der Waals surface area contributed by atoms with Gasteiger partial charge in [-0.15, -0.1) is 0 Å². The lowest BCUT2D eigenvalue weighted by atomic mass is 9.97. The van der Waals surface area contributed by atoms with Crippen molar-refractivity contribution in [3.8, 4) is 0 Å². The summed E-state index contributed by atoms with van der Waals surface area (Å²) in [5, 5.41) is 5.51. The molecule has 1 aliphatic rings. The molecule has 26 heavy (non-hydrogen) atoms. The number of carbonyl (C=O) groups is 2. The van der Waals surface area contributed by atoms with Crippen LogP contribution in [0.5, 0.6) is 0 Å². The van der Waals surface area contributed by atoms with Crippen molar-refractivity contribution in [2.24, 2.45) is 5.92 Å². The highest BCUT2D eigenvalue weighted by atomic mass is 79.9. The largest absolute Gasteiger partial charge is 0.355 e. The predicted molar refractivity (Wildman–Crippen MR) is 103 cm³/mol. The SMILES string of the molecule is O=C(CNC(=O)[C@H]1CCCN(c2cnccn2)C1)Nc1ccccc1Br. The minimum atomic E-state index is -0.258. The highest BCUT2D eigenvalue weighted by molar-refractivity contribution is 9.10. The summed E-state index contributed by atoms with van der Waals surface area (Å²) in [6, 6.07) is 7.34. The first kappa shape index (κ1) is 18.3. The minimum Gasteiger partial charge on any atom is -0.355 e. The first-order valence-corrected chi connectivity index (χ1v) is 9.26. The van der Waals surface area contributed by atoms with Gasteiger partial charge in [0.1, 0.15) is 5.82 Å². The number of carbonyl (C=O) groups excluding carboxylic acids is 2. The van der Waals surface area contributed by atoms with Crippen LogP contribution in [0.3, 0.4) is 0 Å². The normalized spacial score (nSPS) is 16.8. The molecule has 1 atom stereocenters. The molecule has 136 valence electrons. The molecule has 0 aliphatic carbocycles. The van der Waals surface area contributed by atoms with Crippen LogP contribution in [-0.4, -0.2) is 41.4 Å². The van der Waals surface area contributed by atoms with Gasteiger partial charge in [-0.1, -0.05) is 12.1 Å². The Morgan fingerprint density at radius 2 is 2.12 bits per heavy atom. The molecule has 1 aliphatic heterocycles. The number of rotatable bonds is 5. The van der Waals surface area contributed by atoms with Crippen molar-refractivity contribution in [1.29, 1.82) is 0 Å². The summed E-state index contributed by atoms with van der Waals surface area (Å²) in [6.45, 7) is 1.38. The Bertz CT molecular complexity index is 771. The zero-order chi connectivity index (χ0) is 18.4. The van der Waals surface area contributed by atoms with Gasteiger partial charge < -0.3 is 15.5 Å². The molecule has 0 unspecified atom stereocenters. The third-order valence-corrected chi connectivity index (χ3v) is 4.93. The molecule has 3 rings (SSSR count). The molecule has 2 aromatic rings. The van der Waals surface area contributed by atoms with Crippen LogP contribution in [0.1, 0.15) is 12.8 Å². The maximum absolute atomic E-state index is 12.4. The van der Waals surface area contributed by atoms with Crippen LogP contribution in [0.25, 0.3) is 0 Å². The minimum absolute atomic E-state index is 0.0538. The molecule has 2 heterocycles. The molecule has 1 saturated heterocycles. The Morgan fingerprint density at radius 3 is 2.88 bits per heavy atom. The topological polar surface area (TPSA) is 87.2 Å². The fourth-order valence-corrected chi connectivity index (χ4v) is 3.31. The summed E-state index contributed by atoms with van der Waals surface area (Å²) in [7, 11) is 0. The van der Waals surface area contributed by atoms with Crippen molar-refractivity contribution in [1.82, 2.24) is 15.3 Å². The van der Waals surface area contributed by atoms with E-state index < -0.39 is 0 Å². The van der Waals surface area contributed by atoms with E-state index in [2.05, 4.69) is 41.4 Å². The molecule has 1 aromatic carbocycles. The van der Waals surface area contributed by atoms with Crippen molar-refractivity contribution >= 4 is 39.2 Å². The molecule has 2 amide bonds. The van der Waals surface area contributed by atoms with Gasteiger partial charge in [0.05, 0.1) is 24.3 Å². The summed E-state index contributed by atoms with van der Waals surface area (Å²) in [5.41, 5.74) is 0.679. The van der Waals surface area contributed by atoms with Gasteiger partial charge in [0.2, 0.25) is 11.8 Å². The van der Waals surface area contributed by atoms with Crippen LogP contribution < -0.4 is 15.5 Å². The maximum Gasteiger partial charge on any atom is 0.243 e. The third-order valence-electron chi connectivity index (χ3n) is 4.24. The number of benzene rings is 1. The van der Waals surface area contributed by atoms with Crippen molar-refractivity contribution in [2.75, 3.05) is 29.9 Å². The zero-order valence-corrected chi connectivity index (χ0v) is 15.8. The molecule has 1 fully saturated rings. The van der Waals surface area contributed by atoms with Gasteiger partial charge in [-0.2, -0.15) is 0 Å². The summed E-state index contributed by atoms with van der Waals surface area (Å²) in [5.74, 6) is 0.242. The average molecular weight is 418 g/mol. The number of nitrogens with zero attached hydrogens (tertiary/aromatic N) is 3. The fourth-order valence-electron chi connectivity index (χ4n) is 2.92. The van der Waals surface area contributed by atoms with Gasteiger partial charge in [-0.05, 0) is 40.9 Å². The second kappa shape index (κ2) is 8.75. The second-order valence-corrected chi connectivity index (χ2v) is 6.95. The second-order valence-electron chi connectivity index (χ2n) is 6.09. The zero-order valence-electron chi connectivity index (χ0n) is 14.2. The summed E-state index contributed by atoms with van der Waals surface area (Å²) in [6.07, 6.45) is 6.67. The number of anilines is 2. The van der Waals surface area contributed by atoms with E-state index >= 15 is 0 Å². The lowest BCUT2D eigenvalue weighted by Gasteiger charge is -2.32. The van der Waals surface area contributed by atoms with Crippen molar-refractivity contribution < 1.29 is 9.59 Å². The highest BCUT2D eigenvalue weighted by Gasteiger charge is 2.26. The molecular weight excluding hydrogens is 398 g/mol. The molecule has 0 saturated carbocycles. The van der Waals surface area contributed by atoms with Crippen LogP contribution in [0.15, 0.2) is 47.3 Å². The van der Waals surface area contributed by atoms with Crippen molar-refractivity contribution in [3.63, 3.8) is 0 Å². The van der Waals surface area contributed by atoms with Gasteiger partial charge in [0.25, 0.3) is 0 Å². The van der Waals surface area contributed by atoms with E-state index in [0.29, 0.717) is 12.2 Å². The Kier molecular flexibility index (Phi) is 6.17. The van der Waals surface area contributed by atoms with Crippen LogP contribution in [-0.2, 0) is 9.59 Å².